The molecule has 0 saturated carbocycles. The van der Waals surface area contributed by atoms with Gasteiger partial charge in [-0.3, -0.25) is 10.1 Å². The third kappa shape index (κ3) is 4.08. The zero-order chi connectivity index (χ0) is 12.8. The van der Waals surface area contributed by atoms with E-state index in [9.17, 15) is 4.79 Å². The van der Waals surface area contributed by atoms with Crippen LogP contribution in [-0.4, -0.2) is 36.7 Å². The molecule has 1 unspecified atom stereocenters. The number of carbonyl (C=O) groups excluding carboxylic acids is 1. The molecule has 1 aliphatic heterocycles. The van der Waals surface area contributed by atoms with Crippen LogP contribution in [0.4, 0.5) is 0 Å². The Balaban J connectivity index is 1.65. The van der Waals surface area contributed by atoms with Crippen molar-refractivity contribution in [3.05, 3.63) is 29.3 Å². The summed E-state index contributed by atoms with van der Waals surface area (Å²) in [5.74, 6) is 2.43. The summed E-state index contributed by atoms with van der Waals surface area (Å²) in [7, 11) is 0. The van der Waals surface area contributed by atoms with E-state index in [1.165, 1.54) is 0 Å². The molecule has 1 amide bonds. The lowest BCUT2D eigenvalue weighted by Gasteiger charge is -2.11. The molecule has 4 nitrogen and oxygen atoms in total. The van der Waals surface area contributed by atoms with Gasteiger partial charge in [0.15, 0.2) is 0 Å². The summed E-state index contributed by atoms with van der Waals surface area (Å²) in [6.45, 7) is 0.931. The molecule has 1 aromatic carbocycles. The van der Waals surface area contributed by atoms with Crippen molar-refractivity contribution in [3.8, 4) is 5.75 Å². The predicted molar refractivity (Wildman–Crippen MR) is 74.2 cm³/mol. The van der Waals surface area contributed by atoms with Crippen molar-refractivity contribution in [2.45, 2.75) is 6.04 Å². The van der Waals surface area contributed by atoms with Gasteiger partial charge in [0.2, 0.25) is 5.91 Å². The minimum atomic E-state index is -0.0684. The molecule has 0 spiro atoms. The molecule has 0 radical (unpaired) electrons. The molecule has 2 rings (SSSR count). The lowest BCUT2D eigenvalue weighted by Crippen LogP contribution is -2.43. The number of rotatable bonds is 5. The molecular weight excluding hydrogens is 272 g/mol. The van der Waals surface area contributed by atoms with Crippen molar-refractivity contribution in [3.63, 3.8) is 0 Å². The van der Waals surface area contributed by atoms with E-state index < -0.39 is 0 Å². The maximum absolute atomic E-state index is 11.6. The van der Waals surface area contributed by atoms with E-state index in [1.807, 2.05) is 12.1 Å². The van der Waals surface area contributed by atoms with Gasteiger partial charge in [-0.25, -0.2) is 0 Å². The molecule has 0 aliphatic carbocycles. The van der Waals surface area contributed by atoms with Gasteiger partial charge in [0.1, 0.15) is 12.4 Å². The number of benzene rings is 1. The molecule has 2 N–H and O–H groups in total. The van der Waals surface area contributed by atoms with Crippen LogP contribution >= 0.6 is 23.4 Å². The predicted octanol–water partition coefficient (Wildman–Crippen LogP) is 1.50. The van der Waals surface area contributed by atoms with Crippen LogP contribution in [0.2, 0.25) is 5.02 Å². The standard InChI is InChI=1S/C12H15ClN2O2S/c13-9-2-1-3-10(6-9)17-5-4-14-12(16)11-7-18-8-15-11/h1-3,6,11,15H,4-5,7-8H2,(H,14,16). The Bertz CT molecular complexity index is 411. The minimum Gasteiger partial charge on any atom is -0.492 e. The molecule has 1 saturated heterocycles. The lowest BCUT2D eigenvalue weighted by atomic mass is 10.3. The largest absolute Gasteiger partial charge is 0.492 e. The number of nitrogens with one attached hydrogen (secondary N) is 2. The van der Waals surface area contributed by atoms with E-state index in [4.69, 9.17) is 16.3 Å². The zero-order valence-electron chi connectivity index (χ0n) is 9.82. The summed E-state index contributed by atoms with van der Waals surface area (Å²) in [5, 5.41) is 6.59. The number of hydrogen-bond acceptors (Lipinski definition) is 4. The Kier molecular flexibility index (Phi) is 5.16. The first-order valence-electron chi connectivity index (χ1n) is 5.73. The van der Waals surface area contributed by atoms with Crippen LogP contribution in [0.3, 0.4) is 0 Å². The Morgan fingerprint density at radius 2 is 2.50 bits per heavy atom. The van der Waals surface area contributed by atoms with Crippen LogP contribution in [0.25, 0.3) is 0 Å². The molecular formula is C12H15ClN2O2S. The SMILES string of the molecule is O=C(NCCOc1cccc(Cl)c1)C1CSCN1. The summed E-state index contributed by atoms with van der Waals surface area (Å²) >= 11 is 7.56. The van der Waals surface area contributed by atoms with Crippen molar-refractivity contribution in [2.24, 2.45) is 0 Å². The third-order valence-corrected chi connectivity index (χ3v) is 3.67. The van der Waals surface area contributed by atoms with Gasteiger partial charge in [-0.15, -0.1) is 11.8 Å². The lowest BCUT2D eigenvalue weighted by molar-refractivity contribution is -0.122. The first-order valence-corrected chi connectivity index (χ1v) is 7.26. The fourth-order valence-electron chi connectivity index (χ4n) is 1.59. The second-order valence-electron chi connectivity index (χ2n) is 3.87. The van der Waals surface area contributed by atoms with Crippen LogP contribution in [-0.2, 0) is 4.79 Å². The molecule has 1 aliphatic rings. The average molecular weight is 287 g/mol. The maximum atomic E-state index is 11.6. The van der Waals surface area contributed by atoms with E-state index in [-0.39, 0.29) is 11.9 Å². The van der Waals surface area contributed by atoms with Gasteiger partial charge in [-0.1, -0.05) is 17.7 Å². The summed E-state index contributed by atoms with van der Waals surface area (Å²) < 4.78 is 5.48. The van der Waals surface area contributed by atoms with Crippen LogP contribution in [0.15, 0.2) is 24.3 Å². The quantitative estimate of drug-likeness (QED) is 0.806. The van der Waals surface area contributed by atoms with Crippen LogP contribution in [0.1, 0.15) is 0 Å². The number of hydrogen-bond donors (Lipinski definition) is 2. The Morgan fingerprint density at radius 1 is 1.61 bits per heavy atom. The van der Waals surface area contributed by atoms with Crippen molar-refractivity contribution < 1.29 is 9.53 Å². The number of carbonyl (C=O) groups is 1. The topological polar surface area (TPSA) is 50.4 Å². The maximum Gasteiger partial charge on any atom is 0.238 e. The van der Waals surface area contributed by atoms with Gasteiger partial charge >= 0.3 is 0 Å². The zero-order valence-corrected chi connectivity index (χ0v) is 11.4. The molecule has 18 heavy (non-hydrogen) atoms. The van der Waals surface area contributed by atoms with E-state index in [1.54, 1.807) is 23.9 Å². The highest BCUT2D eigenvalue weighted by Gasteiger charge is 2.21. The summed E-state index contributed by atoms with van der Waals surface area (Å²) in [6.07, 6.45) is 0. The highest BCUT2D eigenvalue weighted by molar-refractivity contribution is 7.99. The van der Waals surface area contributed by atoms with Gasteiger partial charge in [0.25, 0.3) is 0 Å². The molecule has 1 heterocycles. The summed E-state index contributed by atoms with van der Waals surface area (Å²) in [5.41, 5.74) is 0. The van der Waals surface area contributed by atoms with E-state index in [2.05, 4.69) is 10.6 Å². The fourth-order valence-corrected chi connectivity index (χ4v) is 2.71. The smallest absolute Gasteiger partial charge is 0.238 e. The van der Waals surface area contributed by atoms with Gasteiger partial charge in [0.05, 0.1) is 12.6 Å². The van der Waals surface area contributed by atoms with Crippen molar-refractivity contribution in [1.29, 1.82) is 0 Å². The van der Waals surface area contributed by atoms with Gasteiger partial charge in [-0.2, -0.15) is 0 Å². The van der Waals surface area contributed by atoms with Crippen LogP contribution in [0, 0.1) is 0 Å². The fraction of sp³-hybridized carbons (Fsp3) is 0.417. The molecule has 0 bridgehead atoms. The monoisotopic (exact) mass is 286 g/mol. The number of ether oxygens (including phenoxy) is 1. The van der Waals surface area contributed by atoms with Gasteiger partial charge in [0, 0.05) is 16.7 Å². The Hall–Kier alpha value is -0.910. The number of thioether (sulfide) groups is 1. The molecule has 6 heteroatoms. The average Bonchev–Trinajstić information content (AvgIpc) is 2.88. The molecule has 98 valence electrons. The normalized spacial score (nSPS) is 18.6. The van der Waals surface area contributed by atoms with Crippen molar-refractivity contribution >= 4 is 29.3 Å². The third-order valence-electron chi connectivity index (χ3n) is 2.50. The molecule has 1 aromatic rings. The van der Waals surface area contributed by atoms with E-state index in [0.29, 0.717) is 23.9 Å². The number of amides is 1. The van der Waals surface area contributed by atoms with Crippen molar-refractivity contribution in [2.75, 3.05) is 24.8 Å². The minimum absolute atomic E-state index is 0.0368. The Labute approximate surface area is 115 Å². The summed E-state index contributed by atoms with van der Waals surface area (Å²) in [4.78, 5) is 11.6. The first-order chi connectivity index (χ1) is 8.75. The second kappa shape index (κ2) is 6.87. The van der Waals surface area contributed by atoms with Crippen molar-refractivity contribution in [1.82, 2.24) is 10.6 Å². The van der Waals surface area contributed by atoms with Crippen LogP contribution in [0.5, 0.6) is 5.75 Å². The molecule has 0 aromatic heterocycles. The van der Waals surface area contributed by atoms with Gasteiger partial charge in [-0.05, 0) is 18.2 Å². The van der Waals surface area contributed by atoms with Crippen LogP contribution < -0.4 is 15.4 Å². The molecule has 1 atom stereocenters. The first kappa shape index (κ1) is 13.5. The highest BCUT2D eigenvalue weighted by atomic mass is 35.5. The van der Waals surface area contributed by atoms with Gasteiger partial charge < -0.3 is 10.1 Å². The second-order valence-corrected chi connectivity index (χ2v) is 5.34. The van der Waals surface area contributed by atoms with E-state index >= 15 is 0 Å². The summed E-state index contributed by atoms with van der Waals surface area (Å²) in [6, 6.07) is 7.14. The molecule has 1 fully saturated rings. The highest BCUT2D eigenvalue weighted by Crippen LogP contribution is 2.16. The Morgan fingerprint density at radius 3 is 3.22 bits per heavy atom. The van der Waals surface area contributed by atoms with E-state index in [0.717, 1.165) is 11.6 Å². The number of halogens is 1.